The van der Waals surface area contributed by atoms with Gasteiger partial charge in [-0.1, -0.05) is 31.0 Å². The van der Waals surface area contributed by atoms with Crippen LogP contribution in [0.2, 0.25) is 0 Å². The number of ether oxygens (including phenoxy) is 1. The van der Waals surface area contributed by atoms with Gasteiger partial charge in [0.25, 0.3) is 0 Å². The Labute approximate surface area is 149 Å². The lowest BCUT2D eigenvalue weighted by Crippen LogP contribution is -2.46. The minimum Gasteiger partial charge on any atom is -0.494 e. The van der Waals surface area contributed by atoms with Crippen molar-refractivity contribution in [2.45, 2.75) is 25.7 Å². The molecule has 0 spiro atoms. The normalized spacial score (nSPS) is 15.6. The molecule has 130 valence electrons. The summed E-state index contributed by atoms with van der Waals surface area (Å²) >= 11 is 1.74. The fourth-order valence-electron chi connectivity index (χ4n) is 3.03. The van der Waals surface area contributed by atoms with Crippen molar-refractivity contribution in [1.82, 2.24) is 9.88 Å². The predicted molar refractivity (Wildman–Crippen MR) is 101 cm³/mol. The van der Waals surface area contributed by atoms with Gasteiger partial charge < -0.3 is 9.64 Å². The average molecular weight is 346 g/mol. The lowest BCUT2D eigenvalue weighted by Gasteiger charge is -2.34. The van der Waals surface area contributed by atoms with Crippen LogP contribution in [0, 0.1) is 0 Å². The van der Waals surface area contributed by atoms with Gasteiger partial charge in [0, 0.05) is 37.8 Å². The lowest BCUT2D eigenvalue weighted by atomic mass is 10.2. The Kier molecular flexibility index (Phi) is 6.93. The Hall–Kier alpha value is -1.59. The first-order chi connectivity index (χ1) is 11.9. The highest BCUT2D eigenvalue weighted by Gasteiger charge is 2.17. The van der Waals surface area contributed by atoms with Crippen molar-refractivity contribution < 1.29 is 4.74 Å². The Morgan fingerprint density at radius 2 is 1.75 bits per heavy atom. The lowest BCUT2D eigenvalue weighted by molar-refractivity contribution is 0.249. The van der Waals surface area contributed by atoms with E-state index in [1.807, 2.05) is 36.5 Å². The minimum atomic E-state index is 0.830. The van der Waals surface area contributed by atoms with Gasteiger partial charge in [-0.15, -0.1) is 11.3 Å². The van der Waals surface area contributed by atoms with Gasteiger partial charge in [-0.25, -0.2) is 4.98 Å². The summed E-state index contributed by atoms with van der Waals surface area (Å²) in [5, 5.41) is 3.23. The SMILES string of the molecule is c1ccc(OCCCCCCN2CCN(c3nccs3)CC2)cc1. The molecule has 1 aliphatic rings. The fourth-order valence-corrected chi connectivity index (χ4v) is 3.73. The maximum absolute atomic E-state index is 5.73. The molecule has 1 aromatic heterocycles. The van der Waals surface area contributed by atoms with Crippen molar-refractivity contribution >= 4 is 16.5 Å². The molecule has 0 saturated carbocycles. The van der Waals surface area contributed by atoms with Gasteiger partial charge in [-0.05, 0) is 31.5 Å². The van der Waals surface area contributed by atoms with Gasteiger partial charge in [0.1, 0.15) is 5.75 Å². The van der Waals surface area contributed by atoms with Crippen LogP contribution in [-0.2, 0) is 0 Å². The third kappa shape index (κ3) is 5.49. The molecule has 1 fully saturated rings. The molecule has 0 amide bonds. The van der Waals surface area contributed by atoms with E-state index in [9.17, 15) is 0 Å². The van der Waals surface area contributed by atoms with E-state index >= 15 is 0 Å². The first-order valence-electron chi connectivity index (χ1n) is 8.96. The minimum absolute atomic E-state index is 0.830. The van der Waals surface area contributed by atoms with Gasteiger partial charge in [-0.2, -0.15) is 0 Å². The second-order valence-electron chi connectivity index (χ2n) is 6.22. The second kappa shape index (κ2) is 9.64. The van der Waals surface area contributed by atoms with Gasteiger partial charge >= 0.3 is 0 Å². The zero-order valence-electron chi connectivity index (χ0n) is 14.3. The fraction of sp³-hybridized carbons (Fsp3) is 0.526. The van der Waals surface area contributed by atoms with E-state index in [0.29, 0.717) is 0 Å². The Morgan fingerprint density at radius 1 is 0.958 bits per heavy atom. The summed E-state index contributed by atoms with van der Waals surface area (Å²) in [6.07, 6.45) is 6.89. The van der Waals surface area contributed by atoms with Gasteiger partial charge in [-0.3, -0.25) is 4.90 Å². The number of para-hydroxylation sites is 1. The molecule has 1 saturated heterocycles. The quantitative estimate of drug-likeness (QED) is 0.644. The molecule has 2 heterocycles. The van der Waals surface area contributed by atoms with Crippen LogP contribution in [0.3, 0.4) is 0 Å². The summed E-state index contributed by atoms with van der Waals surface area (Å²) in [5.74, 6) is 0.982. The number of aromatic nitrogens is 1. The van der Waals surface area contributed by atoms with Crippen LogP contribution in [0.4, 0.5) is 5.13 Å². The van der Waals surface area contributed by atoms with E-state index < -0.39 is 0 Å². The predicted octanol–water partition coefficient (Wildman–Crippen LogP) is 3.90. The van der Waals surface area contributed by atoms with Crippen LogP contribution >= 0.6 is 11.3 Å². The van der Waals surface area contributed by atoms with E-state index in [1.54, 1.807) is 11.3 Å². The van der Waals surface area contributed by atoms with Crippen LogP contribution in [0.1, 0.15) is 25.7 Å². The first kappa shape index (κ1) is 17.2. The molecule has 0 aliphatic carbocycles. The van der Waals surface area contributed by atoms with E-state index in [0.717, 1.165) is 45.0 Å². The van der Waals surface area contributed by atoms with Crippen molar-refractivity contribution in [3.05, 3.63) is 41.9 Å². The monoisotopic (exact) mass is 345 g/mol. The number of anilines is 1. The summed E-state index contributed by atoms with van der Waals surface area (Å²) in [6, 6.07) is 10.1. The van der Waals surface area contributed by atoms with Crippen LogP contribution in [0.25, 0.3) is 0 Å². The molecule has 0 N–H and O–H groups in total. The smallest absolute Gasteiger partial charge is 0.185 e. The van der Waals surface area contributed by atoms with Crippen LogP contribution in [-0.4, -0.2) is 49.2 Å². The molecule has 0 atom stereocenters. The first-order valence-corrected chi connectivity index (χ1v) is 9.84. The molecule has 24 heavy (non-hydrogen) atoms. The number of piperazine rings is 1. The van der Waals surface area contributed by atoms with E-state index in [4.69, 9.17) is 4.74 Å². The molecular weight excluding hydrogens is 318 g/mol. The second-order valence-corrected chi connectivity index (χ2v) is 7.09. The summed E-state index contributed by atoms with van der Waals surface area (Å²) in [6.45, 7) is 6.60. The summed E-state index contributed by atoms with van der Waals surface area (Å²) in [7, 11) is 0. The molecule has 1 aromatic carbocycles. The Bertz CT molecular complexity index is 553. The molecule has 5 heteroatoms. The van der Waals surface area contributed by atoms with E-state index in [1.165, 1.54) is 30.9 Å². The number of hydrogen-bond donors (Lipinski definition) is 0. The summed E-state index contributed by atoms with van der Waals surface area (Å²) in [4.78, 5) is 9.40. The van der Waals surface area contributed by atoms with Crippen LogP contribution in [0.5, 0.6) is 5.75 Å². The molecule has 3 rings (SSSR count). The highest BCUT2D eigenvalue weighted by atomic mass is 32.1. The van der Waals surface area contributed by atoms with Crippen molar-refractivity contribution in [3.8, 4) is 5.75 Å². The highest BCUT2D eigenvalue weighted by molar-refractivity contribution is 7.13. The molecular formula is C19H27N3OS. The summed E-state index contributed by atoms with van der Waals surface area (Å²) in [5.41, 5.74) is 0. The number of hydrogen-bond acceptors (Lipinski definition) is 5. The average Bonchev–Trinajstić information content (AvgIpc) is 3.17. The molecule has 0 radical (unpaired) electrons. The highest BCUT2D eigenvalue weighted by Crippen LogP contribution is 2.19. The zero-order chi connectivity index (χ0) is 16.5. The Morgan fingerprint density at radius 3 is 2.50 bits per heavy atom. The van der Waals surface area contributed by atoms with Crippen molar-refractivity contribution in [2.24, 2.45) is 0 Å². The number of benzene rings is 1. The zero-order valence-corrected chi connectivity index (χ0v) is 15.1. The molecule has 4 nitrogen and oxygen atoms in total. The van der Waals surface area contributed by atoms with Gasteiger partial charge in [0.15, 0.2) is 5.13 Å². The number of unbranched alkanes of at least 4 members (excludes halogenated alkanes) is 3. The third-order valence-corrected chi connectivity index (χ3v) is 5.27. The van der Waals surface area contributed by atoms with E-state index in [2.05, 4.69) is 20.2 Å². The van der Waals surface area contributed by atoms with Crippen molar-refractivity contribution in [2.75, 3.05) is 44.2 Å². The van der Waals surface area contributed by atoms with Gasteiger partial charge in [0.05, 0.1) is 6.61 Å². The standard InChI is InChI=1S/C19H27N3OS/c1(2-7-16-23-18-8-4-3-5-9-18)6-11-21-12-14-22(15-13-21)19-20-10-17-24-19/h3-5,8-10,17H,1-2,6-7,11-16H2. The number of nitrogens with zero attached hydrogens (tertiary/aromatic N) is 3. The van der Waals surface area contributed by atoms with Crippen LogP contribution < -0.4 is 9.64 Å². The number of rotatable bonds is 9. The molecule has 1 aliphatic heterocycles. The Balaban J connectivity index is 1.19. The molecule has 2 aromatic rings. The van der Waals surface area contributed by atoms with Crippen LogP contribution in [0.15, 0.2) is 41.9 Å². The molecule has 0 bridgehead atoms. The van der Waals surface area contributed by atoms with E-state index in [-0.39, 0.29) is 0 Å². The third-order valence-electron chi connectivity index (χ3n) is 4.44. The topological polar surface area (TPSA) is 28.6 Å². The van der Waals surface area contributed by atoms with Gasteiger partial charge in [0.2, 0.25) is 0 Å². The maximum atomic E-state index is 5.73. The number of thiazole rings is 1. The largest absolute Gasteiger partial charge is 0.494 e. The van der Waals surface area contributed by atoms with Crippen molar-refractivity contribution in [3.63, 3.8) is 0 Å². The van der Waals surface area contributed by atoms with Crippen molar-refractivity contribution in [1.29, 1.82) is 0 Å². The summed E-state index contributed by atoms with van der Waals surface area (Å²) < 4.78 is 5.73. The molecule has 0 unspecified atom stereocenters. The maximum Gasteiger partial charge on any atom is 0.185 e.